The molecule has 0 amide bonds. The second-order valence-electron chi connectivity index (χ2n) is 4.58. The van der Waals surface area contributed by atoms with Crippen LogP contribution in [0.1, 0.15) is 64.7 Å². The summed E-state index contributed by atoms with van der Waals surface area (Å²) in [6.07, 6.45) is 10.6. The van der Waals surface area contributed by atoms with Crippen LogP contribution in [0.2, 0.25) is 0 Å². The predicted octanol–water partition coefficient (Wildman–Crippen LogP) is 2.81. The van der Waals surface area contributed by atoms with Crippen molar-refractivity contribution in [3.8, 4) is 0 Å². The van der Waals surface area contributed by atoms with Gasteiger partial charge in [-0.15, -0.1) is 0 Å². The van der Waals surface area contributed by atoms with Crippen molar-refractivity contribution in [3.05, 3.63) is 0 Å². The SMILES string of the molecule is CCCCCCNC1(O)CCCCC1. The number of hydrogen-bond acceptors (Lipinski definition) is 2. The van der Waals surface area contributed by atoms with E-state index in [1.807, 2.05) is 0 Å². The molecule has 0 saturated heterocycles. The van der Waals surface area contributed by atoms with Crippen molar-refractivity contribution in [2.24, 2.45) is 0 Å². The summed E-state index contributed by atoms with van der Waals surface area (Å²) in [6.45, 7) is 3.21. The van der Waals surface area contributed by atoms with Gasteiger partial charge < -0.3 is 5.11 Å². The quantitative estimate of drug-likeness (QED) is 0.509. The Labute approximate surface area is 88.1 Å². The molecule has 2 heteroatoms. The van der Waals surface area contributed by atoms with Gasteiger partial charge in [0.2, 0.25) is 0 Å². The summed E-state index contributed by atoms with van der Waals surface area (Å²) >= 11 is 0. The lowest BCUT2D eigenvalue weighted by Crippen LogP contribution is -2.46. The van der Waals surface area contributed by atoms with E-state index in [-0.39, 0.29) is 0 Å². The van der Waals surface area contributed by atoms with Gasteiger partial charge >= 0.3 is 0 Å². The lowest BCUT2D eigenvalue weighted by Gasteiger charge is -2.33. The van der Waals surface area contributed by atoms with Crippen LogP contribution >= 0.6 is 0 Å². The summed E-state index contributed by atoms with van der Waals surface area (Å²) in [6, 6.07) is 0. The Kier molecular flexibility index (Phi) is 5.49. The van der Waals surface area contributed by atoms with E-state index in [4.69, 9.17) is 0 Å². The van der Waals surface area contributed by atoms with E-state index >= 15 is 0 Å². The van der Waals surface area contributed by atoms with Crippen LogP contribution in [0, 0.1) is 0 Å². The Morgan fingerprint density at radius 1 is 1.07 bits per heavy atom. The summed E-state index contributed by atoms with van der Waals surface area (Å²) < 4.78 is 0. The number of nitrogens with one attached hydrogen (secondary N) is 1. The molecule has 1 aliphatic rings. The first-order valence-electron chi connectivity index (χ1n) is 6.24. The molecule has 0 unspecified atom stereocenters. The minimum absolute atomic E-state index is 0.523. The molecule has 1 saturated carbocycles. The molecule has 0 heterocycles. The molecule has 0 radical (unpaired) electrons. The smallest absolute Gasteiger partial charge is 0.116 e. The van der Waals surface area contributed by atoms with Crippen LogP contribution in [0.25, 0.3) is 0 Å². The minimum atomic E-state index is -0.523. The van der Waals surface area contributed by atoms with Crippen molar-refractivity contribution >= 4 is 0 Å². The van der Waals surface area contributed by atoms with Crippen LogP contribution < -0.4 is 5.32 Å². The zero-order valence-electron chi connectivity index (χ0n) is 9.52. The molecule has 0 spiro atoms. The van der Waals surface area contributed by atoms with E-state index in [0.29, 0.717) is 0 Å². The second-order valence-corrected chi connectivity index (χ2v) is 4.58. The molecule has 0 aliphatic heterocycles. The van der Waals surface area contributed by atoms with Gasteiger partial charge in [-0.3, -0.25) is 5.32 Å². The van der Waals surface area contributed by atoms with Gasteiger partial charge in [-0.25, -0.2) is 0 Å². The maximum atomic E-state index is 10.1. The fourth-order valence-corrected chi connectivity index (χ4v) is 2.19. The Balaban J connectivity index is 2.03. The molecule has 0 aromatic rings. The molecular formula is C12H25NO. The second kappa shape index (κ2) is 6.41. The van der Waals surface area contributed by atoms with Crippen LogP contribution in [0.3, 0.4) is 0 Å². The van der Waals surface area contributed by atoms with E-state index < -0.39 is 5.72 Å². The highest BCUT2D eigenvalue weighted by Crippen LogP contribution is 2.25. The van der Waals surface area contributed by atoms with Gasteiger partial charge in [0.25, 0.3) is 0 Å². The van der Waals surface area contributed by atoms with E-state index in [9.17, 15) is 5.11 Å². The van der Waals surface area contributed by atoms with Gasteiger partial charge in [-0.1, -0.05) is 32.6 Å². The molecular weight excluding hydrogens is 174 g/mol. The lowest BCUT2D eigenvalue weighted by molar-refractivity contribution is -0.0278. The highest BCUT2D eigenvalue weighted by atomic mass is 16.3. The van der Waals surface area contributed by atoms with E-state index in [1.165, 1.54) is 44.9 Å². The van der Waals surface area contributed by atoms with Crippen LogP contribution in [0.15, 0.2) is 0 Å². The van der Waals surface area contributed by atoms with Gasteiger partial charge in [0, 0.05) is 0 Å². The van der Waals surface area contributed by atoms with Crippen molar-refractivity contribution in [1.82, 2.24) is 5.32 Å². The van der Waals surface area contributed by atoms with Crippen molar-refractivity contribution in [2.75, 3.05) is 6.54 Å². The van der Waals surface area contributed by atoms with Crippen molar-refractivity contribution in [1.29, 1.82) is 0 Å². The summed E-state index contributed by atoms with van der Waals surface area (Å²) in [5.41, 5.74) is -0.523. The summed E-state index contributed by atoms with van der Waals surface area (Å²) in [5, 5.41) is 13.4. The molecule has 84 valence electrons. The van der Waals surface area contributed by atoms with E-state index in [0.717, 1.165) is 19.4 Å². The molecule has 2 N–H and O–H groups in total. The third-order valence-electron chi connectivity index (χ3n) is 3.17. The van der Waals surface area contributed by atoms with Gasteiger partial charge in [-0.2, -0.15) is 0 Å². The normalized spacial score (nSPS) is 21.0. The highest BCUT2D eigenvalue weighted by Gasteiger charge is 2.27. The van der Waals surface area contributed by atoms with E-state index in [2.05, 4.69) is 12.2 Å². The van der Waals surface area contributed by atoms with Crippen LogP contribution in [-0.2, 0) is 0 Å². The van der Waals surface area contributed by atoms with Crippen molar-refractivity contribution < 1.29 is 5.11 Å². The standard InChI is InChI=1S/C12H25NO/c1-2-3-4-8-11-13-12(14)9-6-5-7-10-12/h13-14H,2-11H2,1H3. The van der Waals surface area contributed by atoms with Gasteiger partial charge in [0.05, 0.1) is 0 Å². The first-order chi connectivity index (χ1) is 6.77. The molecule has 0 bridgehead atoms. The molecule has 1 fully saturated rings. The zero-order valence-corrected chi connectivity index (χ0v) is 9.52. The number of aliphatic hydroxyl groups is 1. The van der Waals surface area contributed by atoms with Crippen LogP contribution in [0.5, 0.6) is 0 Å². The van der Waals surface area contributed by atoms with Gasteiger partial charge in [-0.05, 0) is 38.6 Å². The first kappa shape index (κ1) is 12.0. The third-order valence-corrected chi connectivity index (χ3v) is 3.17. The zero-order chi connectivity index (χ0) is 10.3. The molecule has 0 aromatic heterocycles. The number of hydrogen-bond donors (Lipinski definition) is 2. The minimum Gasteiger partial charge on any atom is -0.376 e. The van der Waals surface area contributed by atoms with Gasteiger partial charge in [0.15, 0.2) is 0 Å². The topological polar surface area (TPSA) is 32.3 Å². The summed E-state index contributed by atoms with van der Waals surface area (Å²) in [5.74, 6) is 0. The number of unbranched alkanes of at least 4 members (excludes halogenated alkanes) is 3. The predicted molar refractivity (Wildman–Crippen MR) is 60.2 cm³/mol. The molecule has 1 rings (SSSR count). The van der Waals surface area contributed by atoms with Crippen molar-refractivity contribution in [3.63, 3.8) is 0 Å². The lowest BCUT2D eigenvalue weighted by atomic mass is 9.92. The van der Waals surface area contributed by atoms with Gasteiger partial charge in [0.1, 0.15) is 5.72 Å². The molecule has 0 aromatic carbocycles. The Morgan fingerprint density at radius 3 is 2.43 bits per heavy atom. The van der Waals surface area contributed by atoms with Crippen LogP contribution in [-0.4, -0.2) is 17.4 Å². The maximum Gasteiger partial charge on any atom is 0.116 e. The summed E-state index contributed by atoms with van der Waals surface area (Å²) in [7, 11) is 0. The Bertz CT molecular complexity index is 141. The monoisotopic (exact) mass is 199 g/mol. The molecule has 14 heavy (non-hydrogen) atoms. The largest absolute Gasteiger partial charge is 0.376 e. The maximum absolute atomic E-state index is 10.1. The Hall–Kier alpha value is -0.0800. The molecule has 2 nitrogen and oxygen atoms in total. The highest BCUT2D eigenvalue weighted by molar-refractivity contribution is 4.79. The van der Waals surface area contributed by atoms with Crippen LogP contribution in [0.4, 0.5) is 0 Å². The molecule has 1 aliphatic carbocycles. The summed E-state index contributed by atoms with van der Waals surface area (Å²) in [4.78, 5) is 0. The van der Waals surface area contributed by atoms with E-state index in [1.54, 1.807) is 0 Å². The fourth-order valence-electron chi connectivity index (χ4n) is 2.19. The molecule has 0 atom stereocenters. The third kappa shape index (κ3) is 4.43. The first-order valence-corrected chi connectivity index (χ1v) is 6.24. The fraction of sp³-hybridized carbons (Fsp3) is 1.00. The van der Waals surface area contributed by atoms with Crippen molar-refractivity contribution in [2.45, 2.75) is 70.4 Å². The Morgan fingerprint density at radius 2 is 1.79 bits per heavy atom. The average molecular weight is 199 g/mol. The average Bonchev–Trinajstić information content (AvgIpc) is 2.18. The number of rotatable bonds is 6.